The molecule has 0 aliphatic rings. The van der Waals surface area contributed by atoms with Crippen LogP contribution in [0.5, 0.6) is 5.75 Å². The van der Waals surface area contributed by atoms with Gasteiger partial charge in [-0.2, -0.15) is 0 Å². The minimum atomic E-state index is -0.179. The van der Waals surface area contributed by atoms with Crippen molar-refractivity contribution >= 4 is 44.7 Å². The molecule has 1 amide bonds. The summed E-state index contributed by atoms with van der Waals surface area (Å²) in [4.78, 5) is 12.6. The monoisotopic (exact) mass is 369 g/mol. The molecule has 0 aliphatic carbocycles. The molecule has 0 unspecified atom stereocenters. The first kappa shape index (κ1) is 15.3. The first-order chi connectivity index (χ1) is 10.1. The molecule has 0 radical (unpaired) electrons. The maximum absolute atomic E-state index is 12.0. The van der Waals surface area contributed by atoms with Crippen molar-refractivity contribution in [2.45, 2.75) is 0 Å². The smallest absolute Gasteiger partial charge is 0.266 e. The summed E-state index contributed by atoms with van der Waals surface area (Å²) < 4.78 is 6.04. The van der Waals surface area contributed by atoms with Crippen molar-refractivity contribution in [3.05, 3.63) is 45.1 Å². The summed E-state index contributed by atoms with van der Waals surface area (Å²) in [7, 11) is 0. The third-order valence-corrected chi connectivity index (χ3v) is 4.29. The molecule has 2 rings (SSSR count). The second-order valence-corrected chi connectivity index (χ2v) is 5.73. The van der Waals surface area contributed by atoms with E-state index in [1.165, 1.54) is 11.3 Å². The van der Waals surface area contributed by atoms with Gasteiger partial charge in [-0.1, -0.05) is 5.16 Å². The highest BCUT2D eigenvalue weighted by molar-refractivity contribution is 9.10. The molecule has 0 atom stereocenters. The number of halogens is 1. The molecule has 21 heavy (non-hydrogen) atoms. The normalized spacial score (nSPS) is 11.2. The van der Waals surface area contributed by atoms with Crippen LogP contribution in [0, 0.1) is 0 Å². The number of hydrogen-bond donors (Lipinski definition) is 3. The number of carbonyl (C=O) groups is 1. The number of nitrogens with one attached hydrogen (secondary N) is 1. The fourth-order valence-corrected chi connectivity index (χ4v) is 2.91. The van der Waals surface area contributed by atoms with Gasteiger partial charge in [0.25, 0.3) is 5.91 Å². The van der Waals surface area contributed by atoms with Gasteiger partial charge < -0.3 is 21.0 Å². The Balaban J connectivity index is 1.96. The van der Waals surface area contributed by atoms with Gasteiger partial charge in [0, 0.05) is 10.2 Å². The minimum absolute atomic E-state index is 0.00958. The molecule has 0 bridgehead atoms. The number of nitrogens with two attached hydrogens (primary N) is 1. The van der Waals surface area contributed by atoms with Crippen molar-refractivity contribution in [3.8, 4) is 5.75 Å². The van der Waals surface area contributed by atoms with Crippen molar-refractivity contribution in [2.24, 2.45) is 10.9 Å². The summed E-state index contributed by atoms with van der Waals surface area (Å²) in [6.07, 6.45) is 0. The van der Waals surface area contributed by atoms with Gasteiger partial charge in [-0.15, -0.1) is 11.3 Å². The molecule has 1 aromatic carbocycles. The van der Waals surface area contributed by atoms with Crippen molar-refractivity contribution in [2.75, 3.05) is 11.9 Å². The largest absolute Gasteiger partial charge is 0.486 e. The van der Waals surface area contributed by atoms with Crippen LogP contribution in [0.25, 0.3) is 0 Å². The van der Waals surface area contributed by atoms with E-state index in [-0.39, 0.29) is 18.3 Å². The molecule has 0 spiro atoms. The predicted molar refractivity (Wildman–Crippen MR) is 85.3 cm³/mol. The van der Waals surface area contributed by atoms with Gasteiger partial charge in [-0.3, -0.25) is 4.79 Å². The van der Waals surface area contributed by atoms with E-state index in [1.807, 2.05) is 11.4 Å². The van der Waals surface area contributed by atoms with E-state index in [4.69, 9.17) is 15.7 Å². The second-order valence-electron chi connectivity index (χ2n) is 3.96. The van der Waals surface area contributed by atoms with Crippen LogP contribution in [0.15, 0.2) is 45.3 Å². The van der Waals surface area contributed by atoms with E-state index in [0.717, 1.165) is 4.47 Å². The lowest BCUT2D eigenvalue weighted by atomic mass is 10.3. The van der Waals surface area contributed by atoms with Crippen molar-refractivity contribution in [1.82, 2.24) is 0 Å². The molecule has 0 fully saturated rings. The Morgan fingerprint density at radius 2 is 2.10 bits per heavy atom. The third-order valence-electron chi connectivity index (χ3n) is 2.45. The molecule has 0 aliphatic heterocycles. The zero-order valence-electron chi connectivity index (χ0n) is 10.7. The highest BCUT2D eigenvalue weighted by Gasteiger charge is 2.11. The number of ether oxygens (including phenoxy) is 1. The molecular formula is C13H12BrN3O3S. The van der Waals surface area contributed by atoms with Crippen LogP contribution in [-0.2, 0) is 0 Å². The zero-order chi connectivity index (χ0) is 15.2. The summed E-state index contributed by atoms with van der Waals surface area (Å²) in [6, 6.07) is 8.61. The van der Waals surface area contributed by atoms with Gasteiger partial charge in [-0.05, 0) is 51.6 Å². The Morgan fingerprint density at radius 1 is 1.38 bits per heavy atom. The molecule has 0 saturated heterocycles. The number of rotatable bonds is 5. The number of oxime groups is 1. The molecule has 8 heteroatoms. The summed E-state index contributed by atoms with van der Waals surface area (Å²) >= 11 is 4.68. The van der Waals surface area contributed by atoms with Crippen LogP contribution in [0.1, 0.15) is 9.67 Å². The number of carbonyl (C=O) groups excluding carboxylic acids is 1. The average Bonchev–Trinajstić information content (AvgIpc) is 2.92. The number of hydrogen-bond acceptors (Lipinski definition) is 5. The van der Waals surface area contributed by atoms with Crippen LogP contribution in [0.2, 0.25) is 0 Å². The van der Waals surface area contributed by atoms with Gasteiger partial charge in [0.1, 0.15) is 17.2 Å². The lowest BCUT2D eigenvalue weighted by Crippen LogP contribution is -2.20. The Kier molecular flexibility index (Phi) is 5.18. The number of thiophene rings is 1. The van der Waals surface area contributed by atoms with Crippen molar-refractivity contribution < 1.29 is 14.7 Å². The number of benzene rings is 1. The lowest BCUT2D eigenvalue weighted by molar-refractivity contribution is 0.103. The molecule has 110 valence electrons. The van der Waals surface area contributed by atoms with E-state index in [9.17, 15) is 4.79 Å². The molecule has 0 saturated carbocycles. The summed E-state index contributed by atoms with van der Waals surface area (Å²) in [5, 5.41) is 15.8. The maximum atomic E-state index is 12.0. The molecular weight excluding hydrogens is 358 g/mol. The van der Waals surface area contributed by atoms with Gasteiger partial charge in [-0.25, -0.2) is 0 Å². The van der Waals surface area contributed by atoms with E-state index < -0.39 is 0 Å². The molecule has 4 N–H and O–H groups in total. The van der Waals surface area contributed by atoms with Crippen LogP contribution >= 0.6 is 27.3 Å². The standard InChI is InChI=1S/C13H12BrN3O3S/c14-10-5-6-21-12(10)13(18)16-8-1-3-9(4-2-8)20-7-11(15)17-19/h1-6,19H,7H2,(H2,15,17)(H,16,18). The van der Waals surface area contributed by atoms with Crippen LogP contribution < -0.4 is 15.8 Å². The summed E-state index contributed by atoms with van der Waals surface area (Å²) in [6.45, 7) is -0.00958. The average molecular weight is 370 g/mol. The van der Waals surface area contributed by atoms with Gasteiger partial charge >= 0.3 is 0 Å². The number of nitrogens with zero attached hydrogens (tertiary/aromatic N) is 1. The fraction of sp³-hybridized carbons (Fsp3) is 0.0769. The van der Waals surface area contributed by atoms with E-state index >= 15 is 0 Å². The highest BCUT2D eigenvalue weighted by atomic mass is 79.9. The Labute approximate surface area is 133 Å². The predicted octanol–water partition coefficient (Wildman–Crippen LogP) is 2.89. The zero-order valence-corrected chi connectivity index (χ0v) is 13.1. The lowest BCUT2D eigenvalue weighted by Gasteiger charge is -2.07. The maximum Gasteiger partial charge on any atom is 0.266 e. The Hall–Kier alpha value is -2.06. The van der Waals surface area contributed by atoms with E-state index in [2.05, 4.69) is 26.4 Å². The minimum Gasteiger partial charge on any atom is -0.486 e. The quantitative estimate of drug-likeness (QED) is 0.326. The summed E-state index contributed by atoms with van der Waals surface area (Å²) in [5.74, 6) is 0.356. The Morgan fingerprint density at radius 3 is 2.67 bits per heavy atom. The van der Waals surface area contributed by atoms with Crippen LogP contribution in [0.3, 0.4) is 0 Å². The number of amidine groups is 1. The third kappa shape index (κ3) is 4.20. The van der Waals surface area contributed by atoms with Gasteiger partial charge in [0.2, 0.25) is 0 Å². The number of anilines is 1. The first-order valence-electron chi connectivity index (χ1n) is 5.83. The molecule has 6 nitrogen and oxygen atoms in total. The SMILES string of the molecule is NC(COc1ccc(NC(=O)c2sccc2Br)cc1)=NO. The molecule has 2 aromatic rings. The fourth-order valence-electron chi connectivity index (χ4n) is 1.46. The van der Waals surface area contributed by atoms with Crippen LogP contribution in [0.4, 0.5) is 5.69 Å². The van der Waals surface area contributed by atoms with E-state index in [1.54, 1.807) is 24.3 Å². The van der Waals surface area contributed by atoms with Crippen LogP contribution in [-0.4, -0.2) is 23.6 Å². The first-order valence-corrected chi connectivity index (χ1v) is 7.51. The molecule has 1 heterocycles. The highest BCUT2D eigenvalue weighted by Crippen LogP contribution is 2.24. The Bertz CT molecular complexity index is 655. The number of amides is 1. The summed E-state index contributed by atoms with van der Waals surface area (Å²) in [5.41, 5.74) is 5.95. The van der Waals surface area contributed by atoms with Gasteiger partial charge in [0.05, 0.1) is 0 Å². The topological polar surface area (TPSA) is 96.9 Å². The van der Waals surface area contributed by atoms with E-state index in [0.29, 0.717) is 16.3 Å². The second kappa shape index (κ2) is 7.09. The van der Waals surface area contributed by atoms with Gasteiger partial charge in [0.15, 0.2) is 5.84 Å². The van der Waals surface area contributed by atoms with Crippen molar-refractivity contribution in [3.63, 3.8) is 0 Å². The molecule has 1 aromatic heterocycles. The van der Waals surface area contributed by atoms with Crippen molar-refractivity contribution in [1.29, 1.82) is 0 Å².